The normalized spacial score (nSPS) is 18.0. The Morgan fingerprint density at radius 2 is 1.59 bits per heavy atom. The van der Waals surface area contributed by atoms with Gasteiger partial charge in [0.25, 0.3) is 0 Å². The van der Waals surface area contributed by atoms with E-state index in [2.05, 4.69) is 10.6 Å². The Morgan fingerprint density at radius 3 is 2.26 bits per heavy atom. The lowest BCUT2D eigenvalue weighted by atomic mass is 9.81. The van der Waals surface area contributed by atoms with Crippen LogP contribution >= 0.6 is 0 Å². The molecule has 2 fully saturated rings. The molecule has 0 amide bonds. The first-order valence-electron chi connectivity index (χ1n) is 13.0. The van der Waals surface area contributed by atoms with E-state index in [1.807, 2.05) is 51.1 Å². The van der Waals surface area contributed by atoms with Gasteiger partial charge in [-0.3, -0.25) is 5.11 Å². The summed E-state index contributed by atoms with van der Waals surface area (Å²) >= 11 is 0. The number of carbonyl (C=O) groups is 1. The summed E-state index contributed by atoms with van der Waals surface area (Å²) in [6.45, 7) is 5.69. The van der Waals surface area contributed by atoms with Gasteiger partial charge in [-0.15, -0.1) is 0 Å². The van der Waals surface area contributed by atoms with Crippen molar-refractivity contribution in [1.29, 1.82) is 0 Å². The van der Waals surface area contributed by atoms with Crippen LogP contribution in [0.25, 0.3) is 22.2 Å². The zero-order valence-corrected chi connectivity index (χ0v) is 20.7. The predicted octanol–water partition coefficient (Wildman–Crippen LogP) is 8.57. The molecule has 2 aromatic carbocycles. The fraction of sp³-hybridized carbons (Fsp3) is 0.500. The van der Waals surface area contributed by atoms with Crippen molar-refractivity contribution in [1.82, 2.24) is 4.57 Å². The molecule has 2 aliphatic rings. The Bertz CT molecular complexity index is 1190. The molecule has 4 heteroatoms. The van der Waals surface area contributed by atoms with Crippen LogP contribution in [0.3, 0.4) is 0 Å². The fourth-order valence-electron chi connectivity index (χ4n) is 6.08. The van der Waals surface area contributed by atoms with Crippen LogP contribution in [0, 0.1) is 0 Å². The SMILES string of the molecule is CC(C)(C)OC(=O)c1ccc2c(C3CCCCC3)c(-c3ccccc3[O])n(C3CCCC3)c2c1. The molecule has 1 heterocycles. The maximum Gasteiger partial charge on any atom is 0.338 e. The molecule has 0 bridgehead atoms. The van der Waals surface area contributed by atoms with Crippen LogP contribution in [0.2, 0.25) is 0 Å². The highest BCUT2D eigenvalue weighted by molar-refractivity contribution is 5.99. The second-order valence-electron chi connectivity index (χ2n) is 11.1. The van der Waals surface area contributed by atoms with Gasteiger partial charge < -0.3 is 9.30 Å². The average molecular weight is 459 g/mol. The summed E-state index contributed by atoms with van der Waals surface area (Å²) in [6, 6.07) is 13.9. The summed E-state index contributed by atoms with van der Waals surface area (Å²) in [5.41, 5.74) is 4.33. The third-order valence-electron chi connectivity index (χ3n) is 7.52. The quantitative estimate of drug-likeness (QED) is 0.368. The number of fused-ring (bicyclic) bond motifs is 1. The molecule has 3 aromatic rings. The van der Waals surface area contributed by atoms with Gasteiger partial charge in [-0.05, 0) is 82.2 Å². The fourth-order valence-corrected chi connectivity index (χ4v) is 6.08. The largest absolute Gasteiger partial charge is 0.456 e. The van der Waals surface area contributed by atoms with Gasteiger partial charge in [0.1, 0.15) is 5.60 Å². The number of hydrogen-bond acceptors (Lipinski definition) is 2. The van der Waals surface area contributed by atoms with Crippen LogP contribution < -0.4 is 0 Å². The molecule has 2 saturated carbocycles. The molecule has 0 atom stereocenters. The Hall–Kier alpha value is -2.75. The molecular weight excluding hydrogens is 422 g/mol. The molecule has 0 aliphatic heterocycles. The van der Waals surface area contributed by atoms with Gasteiger partial charge in [0.05, 0.1) is 11.3 Å². The highest BCUT2D eigenvalue weighted by atomic mass is 16.6. The van der Waals surface area contributed by atoms with E-state index in [0.717, 1.165) is 42.5 Å². The van der Waals surface area contributed by atoms with Crippen molar-refractivity contribution in [2.24, 2.45) is 0 Å². The van der Waals surface area contributed by atoms with Gasteiger partial charge in [0.2, 0.25) is 0 Å². The summed E-state index contributed by atoms with van der Waals surface area (Å²) in [5.74, 6) is 0.230. The highest BCUT2D eigenvalue weighted by Crippen LogP contribution is 2.49. The van der Waals surface area contributed by atoms with Crippen molar-refractivity contribution < 1.29 is 14.6 Å². The molecule has 1 aromatic heterocycles. The number of hydrogen-bond donors (Lipinski definition) is 0. The van der Waals surface area contributed by atoms with Crippen molar-refractivity contribution in [3.63, 3.8) is 0 Å². The summed E-state index contributed by atoms with van der Waals surface area (Å²) in [5, 5.41) is 14.3. The second kappa shape index (κ2) is 9.13. The molecule has 1 radical (unpaired) electrons. The number of benzene rings is 2. The van der Waals surface area contributed by atoms with Crippen molar-refractivity contribution in [2.75, 3.05) is 0 Å². The van der Waals surface area contributed by atoms with Gasteiger partial charge in [-0.25, -0.2) is 4.79 Å². The van der Waals surface area contributed by atoms with E-state index in [1.54, 1.807) is 6.07 Å². The second-order valence-corrected chi connectivity index (χ2v) is 11.1. The highest BCUT2D eigenvalue weighted by Gasteiger charge is 2.32. The molecule has 0 N–H and O–H groups in total. The van der Waals surface area contributed by atoms with Crippen molar-refractivity contribution >= 4 is 16.9 Å². The van der Waals surface area contributed by atoms with Crippen LogP contribution in [0.5, 0.6) is 5.75 Å². The zero-order chi connectivity index (χ0) is 23.9. The van der Waals surface area contributed by atoms with Crippen LogP contribution in [0.4, 0.5) is 0 Å². The lowest BCUT2D eigenvalue weighted by Crippen LogP contribution is -2.23. The van der Waals surface area contributed by atoms with E-state index in [4.69, 9.17) is 4.74 Å². The number of aromatic nitrogens is 1. The van der Waals surface area contributed by atoms with Crippen LogP contribution in [0.15, 0.2) is 42.5 Å². The maximum absolute atomic E-state index is 13.1. The van der Waals surface area contributed by atoms with E-state index < -0.39 is 5.60 Å². The van der Waals surface area contributed by atoms with Gasteiger partial charge >= 0.3 is 5.97 Å². The number of nitrogens with zero attached hydrogens (tertiary/aromatic N) is 1. The Kier molecular flexibility index (Phi) is 6.18. The van der Waals surface area contributed by atoms with E-state index >= 15 is 0 Å². The van der Waals surface area contributed by atoms with Crippen molar-refractivity contribution in [2.45, 2.75) is 96.1 Å². The number of rotatable bonds is 4. The average Bonchev–Trinajstić information content (AvgIpc) is 3.44. The topological polar surface area (TPSA) is 51.1 Å². The van der Waals surface area contributed by atoms with E-state index in [9.17, 15) is 9.90 Å². The molecule has 2 aliphatic carbocycles. The van der Waals surface area contributed by atoms with Crippen molar-refractivity contribution in [3.05, 3.63) is 53.6 Å². The number of para-hydroxylation sites is 1. The van der Waals surface area contributed by atoms with Gasteiger partial charge in [-0.2, -0.15) is 0 Å². The van der Waals surface area contributed by atoms with E-state index in [-0.39, 0.29) is 11.7 Å². The van der Waals surface area contributed by atoms with E-state index in [0.29, 0.717) is 17.5 Å². The van der Waals surface area contributed by atoms with Gasteiger partial charge in [-0.1, -0.05) is 50.3 Å². The third kappa shape index (κ3) is 4.35. The maximum atomic E-state index is 13.1. The number of carbonyl (C=O) groups excluding carboxylic acids is 1. The van der Waals surface area contributed by atoms with E-state index in [1.165, 1.54) is 43.1 Å². The lowest BCUT2D eigenvalue weighted by Gasteiger charge is -2.25. The summed E-state index contributed by atoms with van der Waals surface area (Å²) in [4.78, 5) is 13.0. The van der Waals surface area contributed by atoms with Crippen LogP contribution in [-0.4, -0.2) is 16.1 Å². The molecule has 179 valence electrons. The van der Waals surface area contributed by atoms with Crippen LogP contribution in [0.1, 0.15) is 106 Å². The first-order valence-corrected chi connectivity index (χ1v) is 13.0. The third-order valence-corrected chi connectivity index (χ3v) is 7.52. The van der Waals surface area contributed by atoms with Gasteiger partial charge in [0.15, 0.2) is 5.75 Å². The summed E-state index contributed by atoms with van der Waals surface area (Å²) < 4.78 is 8.12. The first kappa shape index (κ1) is 23.0. The minimum absolute atomic E-state index is 0.0778. The first-order chi connectivity index (χ1) is 16.3. The minimum Gasteiger partial charge on any atom is -0.456 e. The molecule has 34 heavy (non-hydrogen) atoms. The zero-order valence-electron chi connectivity index (χ0n) is 20.7. The molecule has 0 spiro atoms. The Balaban J connectivity index is 1.78. The Labute approximate surface area is 202 Å². The van der Waals surface area contributed by atoms with Crippen molar-refractivity contribution in [3.8, 4) is 17.0 Å². The predicted molar refractivity (Wildman–Crippen MR) is 136 cm³/mol. The minimum atomic E-state index is -0.542. The summed E-state index contributed by atoms with van der Waals surface area (Å²) in [6.07, 6.45) is 10.7. The molecule has 5 rings (SSSR count). The Morgan fingerprint density at radius 1 is 0.912 bits per heavy atom. The smallest absolute Gasteiger partial charge is 0.338 e. The molecule has 0 saturated heterocycles. The molecule has 4 nitrogen and oxygen atoms in total. The lowest BCUT2D eigenvalue weighted by molar-refractivity contribution is 0.00696. The molecule has 0 unspecified atom stereocenters. The van der Waals surface area contributed by atoms with Gasteiger partial charge in [0, 0.05) is 22.5 Å². The number of esters is 1. The molecular formula is C30H36NO3. The standard InChI is InChI=1S/C30H36NO3/c1-30(2,3)34-29(33)21-17-18-23-25(19-21)31(22-13-7-8-14-22)28(24-15-9-10-16-26(24)32)27(23)20-11-5-4-6-12-20/h9-10,15-20,22H,4-8,11-14H2,1-3H3. The monoisotopic (exact) mass is 458 g/mol. The number of ether oxygens (including phenoxy) is 1. The summed E-state index contributed by atoms with van der Waals surface area (Å²) in [7, 11) is 0. The van der Waals surface area contributed by atoms with Crippen LogP contribution in [-0.2, 0) is 9.84 Å².